The van der Waals surface area contributed by atoms with Crippen LogP contribution in [-0.4, -0.2) is 28.5 Å². The Kier molecular flexibility index (Phi) is 7.63. The second-order valence-electron chi connectivity index (χ2n) is 6.47. The summed E-state index contributed by atoms with van der Waals surface area (Å²) >= 11 is 10.7. The summed E-state index contributed by atoms with van der Waals surface area (Å²) in [5.41, 5.74) is -3.82. The molecular weight excluding hydrogens is 534 g/mol. The molecule has 1 aliphatic rings. The third-order valence-corrected chi connectivity index (χ3v) is 4.69. The van der Waals surface area contributed by atoms with Gasteiger partial charge in [0.2, 0.25) is 6.10 Å². The summed E-state index contributed by atoms with van der Waals surface area (Å²) in [4.78, 5) is 10.9. The average Bonchev–Trinajstić information content (AvgIpc) is 2.66. The zero-order chi connectivity index (χ0) is 26.2. The van der Waals surface area contributed by atoms with E-state index in [1.54, 1.807) is 0 Å². The standard InChI is InChI=1S/C12H5ClF6O3.C7H4ClF3O/c13-7-2-4-1-5(10(20)21)9(12(17,18)19)22-8(4)3-6(7)11(14,15)16;8-6-2-1-4(12)3-5(6)7(9,10)11/h1-3,9H,(H,20,21);1-3,12H. The van der Waals surface area contributed by atoms with Crippen LogP contribution in [0.5, 0.6) is 11.5 Å². The minimum Gasteiger partial charge on any atom is -0.508 e. The van der Waals surface area contributed by atoms with Gasteiger partial charge in [-0.2, -0.15) is 39.5 Å². The van der Waals surface area contributed by atoms with E-state index >= 15 is 0 Å². The number of aromatic hydroxyl groups is 1. The monoisotopic (exact) mass is 542 g/mol. The maximum absolute atomic E-state index is 12.8. The predicted octanol–water partition coefficient (Wildman–Crippen LogP) is 7.21. The fraction of sp³-hybridized carbons (Fsp3) is 0.211. The highest BCUT2D eigenvalue weighted by Crippen LogP contribution is 2.43. The molecule has 0 fully saturated rings. The first-order chi connectivity index (χ1) is 15.3. The Balaban J connectivity index is 0.000000287. The van der Waals surface area contributed by atoms with Crippen molar-refractivity contribution in [1.29, 1.82) is 0 Å². The van der Waals surface area contributed by atoms with Crippen LogP contribution in [0.15, 0.2) is 35.9 Å². The molecule has 1 heterocycles. The smallest absolute Gasteiger partial charge is 0.430 e. The van der Waals surface area contributed by atoms with Gasteiger partial charge in [0.05, 0.1) is 26.7 Å². The fourth-order valence-electron chi connectivity index (χ4n) is 2.58. The third kappa shape index (κ3) is 6.41. The second kappa shape index (κ2) is 9.45. The lowest BCUT2D eigenvalue weighted by Gasteiger charge is -2.27. The van der Waals surface area contributed by atoms with Gasteiger partial charge in [0.15, 0.2) is 0 Å². The molecule has 4 nitrogen and oxygen atoms in total. The molecule has 3 rings (SSSR count). The Morgan fingerprint density at radius 2 is 1.38 bits per heavy atom. The van der Waals surface area contributed by atoms with Crippen molar-refractivity contribution in [3.63, 3.8) is 0 Å². The molecule has 0 saturated carbocycles. The Bertz CT molecular complexity index is 1120. The molecule has 1 aliphatic heterocycles. The Hall–Kier alpha value is -2.80. The lowest BCUT2D eigenvalue weighted by molar-refractivity contribution is -0.187. The summed E-state index contributed by atoms with van der Waals surface area (Å²) in [6, 6.07) is 3.69. The lowest BCUT2D eigenvalue weighted by atomic mass is 10.00. The first-order valence-corrected chi connectivity index (χ1v) is 9.22. The summed E-state index contributed by atoms with van der Waals surface area (Å²) in [5.74, 6) is -3.10. The van der Waals surface area contributed by atoms with E-state index in [-0.39, 0.29) is 5.56 Å². The Morgan fingerprint density at radius 1 is 0.853 bits per heavy atom. The predicted molar refractivity (Wildman–Crippen MR) is 101 cm³/mol. The van der Waals surface area contributed by atoms with Crippen LogP contribution in [0.25, 0.3) is 6.08 Å². The summed E-state index contributed by atoms with van der Waals surface area (Å²) in [5, 5.41) is 16.3. The number of carboxylic acid groups (broad SMARTS) is 1. The van der Waals surface area contributed by atoms with Gasteiger partial charge in [0.25, 0.3) is 0 Å². The van der Waals surface area contributed by atoms with Crippen LogP contribution in [0, 0.1) is 0 Å². The SMILES string of the molecule is O=C(O)C1=Cc2cc(Cl)c(C(F)(F)F)cc2OC1C(F)(F)F.Oc1ccc(Cl)c(C(F)(F)F)c1. The maximum Gasteiger partial charge on any atom is 0.430 e. The van der Waals surface area contributed by atoms with E-state index in [9.17, 15) is 44.3 Å². The molecule has 2 aromatic carbocycles. The molecule has 34 heavy (non-hydrogen) atoms. The zero-order valence-electron chi connectivity index (χ0n) is 15.9. The van der Waals surface area contributed by atoms with Gasteiger partial charge in [-0.25, -0.2) is 4.79 Å². The number of hydrogen-bond donors (Lipinski definition) is 2. The van der Waals surface area contributed by atoms with Gasteiger partial charge in [0.1, 0.15) is 11.5 Å². The van der Waals surface area contributed by atoms with Crippen molar-refractivity contribution in [2.45, 2.75) is 24.6 Å². The molecule has 1 unspecified atom stereocenters. The van der Waals surface area contributed by atoms with Gasteiger partial charge < -0.3 is 14.9 Å². The average molecular weight is 543 g/mol. The molecule has 15 heteroatoms. The van der Waals surface area contributed by atoms with Gasteiger partial charge in [-0.1, -0.05) is 23.2 Å². The molecule has 2 aromatic rings. The zero-order valence-corrected chi connectivity index (χ0v) is 17.4. The highest BCUT2D eigenvalue weighted by Gasteiger charge is 2.49. The molecule has 186 valence electrons. The van der Waals surface area contributed by atoms with E-state index in [2.05, 4.69) is 4.74 Å². The molecule has 0 radical (unpaired) electrons. The number of rotatable bonds is 1. The van der Waals surface area contributed by atoms with Crippen LogP contribution in [-0.2, 0) is 17.1 Å². The van der Waals surface area contributed by atoms with E-state index in [4.69, 9.17) is 33.4 Å². The summed E-state index contributed by atoms with van der Waals surface area (Å²) < 4.78 is 117. The number of phenolic OH excluding ortho intramolecular Hbond substituents is 1. The van der Waals surface area contributed by atoms with Crippen LogP contribution in [0.4, 0.5) is 39.5 Å². The summed E-state index contributed by atoms with van der Waals surface area (Å²) in [6.45, 7) is 0. The number of alkyl halides is 9. The number of halogens is 11. The largest absolute Gasteiger partial charge is 0.508 e. The molecule has 0 aromatic heterocycles. The van der Waals surface area contributed by atoms with Crippen LogP contribution >= 0.6 is 23.2 Å². The van der Waals surface area contributed by atoms with Crippen molar-refractivity contribution in [2.75, 3.05) is 0 Å². The molecule has 1 atom stereocenters. The number of hydrogen-bond acceptors (Lipinski definition) is 3. The first kappa shape index (κ1) is 27.4. The quantitative estimate of drug-likeness (QED) is 0.373. The number of aliphatic carboxylic acids is 1. The maximum atomic E-state index is 12.8. The third-order valence-electron chi connectivity index (χ3n) is 4.04. The normalized spacial score (nSPS) is 16.0. The second-order valence-corrected chi connectivity index (χ2v) is 7.29. The Labute approximate surface area is 193 Å². The number of benzene rings is 2. The molecule has 0 amide bonds. The topological polar surface area (TPSA) is 66.8 Å². The van der Waals surface area contributed by atoms with Crippen molar-refractivity contribution in [3.05, 3.63) is 62.6 Å². The molecule has 0 aliphatic carbocycles. The van der Waals surface area contributed by atoms with Crippen molar-refractivity contribution < 1.29 is 59.3 Å². The molecule has 0 bridgehead atoms. The van der Waals surface area contributed by atoms with E-state index in [0.717, 1.165) is 12.1 Å². The molecular formula is C19H9Cl2F9O4. The van der Waals surface area contributed by atoms with Crippen molar-refractivity contribution in [1.82, 2.24) is 0 Å². The number of phenols is 1. The van der Waals surface area contributed by atoms with E-state index < -0.39 is 68.8 Å². The van der Waals surface area contributed by atoms with Gasteiger partial charge in [-0.3, -0.25) is 0 Å². The van der Waals surface area contributed by atoms with Gasteiger partial charge in [0, 0.05) is 5.56 Å². The molecule has 0 spiro atoms. The Morgan fingerprint density at radius 3 is 1.82 bits per heavy atom. The number of fused-ring (bicyclic) bond motifs is 1. The minimum absolute atomic E-state index is 0.282. The van der Waals surface area contributed by atoms with Crippen molar-refractivity contribution >= 4 is 35.2 Å². The van der Waals surface area contributed by atoms with Crippen molar-refractivity contribution in [3.8, 4) is 11.5 Å². The number of ether oxygens (including phenoxy) is 1. The highest BCUT2D eigenvalue weighted by atomic mass is 35.5. The molecule has 0 saturated heterocycles. The highest BCUT2D eigenvalue weighted by molar-refractivity contribution is 6.32. The van der Waals surface area contributed by atoms with E-state index in [0.29, 0.717) is 24.3 Å². The van der Waals surface area contributed by atoms with Crippen molar-refractivity contribution in [2.24, 2.45) is 0 Å². The van der Waals surface area contributed by atoms with Crippen LogP contribution in [0.2, 0.25) is 10.0 Å². The van der Waals surface area contributed by atoms with Gasteiger partial charge in [-0.05, 0) is 36.4 Å². The number of carboxylic acids is 1. The van der Waals surface area contributed by atoms with E-state index in [1.165, 1.54) is 0 Å². The summed E-state index contributed by atoms with van der Waals surface area (Å²) in [6.07, 6.45) is -16.8. The first-order valence-electron chi connectivity index (χ1n) is 8.47. The van der Waals surface area contributed by atoms with Gasteiger partial charge >= 0.3 is 24.5 Å². The van der Waals surface area contributed by atoms with Gasteiger partial charge in [-0.15, -0.1) is 0 Å². The van der Waals surface area contributed by atoms with E-state index in [1.807, 2.05) is 0 Å². The summed E-state index contributed by atoms with van der Waals surface area (Å²) in [7, 11) is 0. The lowest BCUT2D eigenvalue weighted by Crippen LogP contribution is -2.40. The minimum atomic E-state index is -5.10. The number of carbonyl (C=O) groups is 1. The fourth-order valence-corrected chi connectivity index (χ4v) is 3.09. The molecule has 2 N–H and O–H groups in total. The van der Waals surface area contributed by atoms with Crippen LogP contribution in [0.1, 0.15) is 16.7 Å². The van der Waals surface area contributed by atoms with Crippen LogP contribution in [0.3, 0.4) is 0 Å². The van der Waals surface area contributed by atoms with Crippen LogP contribution < -0.4 is 4.74 Å².